The summed E-state index contributed by atoms with van der Waals surface area (Å²) < 4.78 is 26.4. The van der Waals surface area contributed by atoms with Crippen LogP contribution in [0.1, 0.15) is 32.3 Å². The van der Waals surface area contributed by atoms with Crippen molar-refractivity contribution >= 4 is 5.69 Å². The van der Waals surface area contributed by atoms with Gasteiger partial charge in [0.2, 0.25) is 0 Å². The third-order valence-corrected chi connectivity index (χ3v) is 2.39. The summed E-state index contributed by atoms with van der Waals surface area (Å²) in [6, 6.07) is 2.25. The number of hydrogen-bond acceptors (Lipinski definition) is 1. The molecule has 0 aliphatic heterocycles. The number of hydrogen-bond donors (Lipinski definition) is 1. The lowest BCUT2D eigenvalue weighted by Gasteiger charge is -2.07. The minimum absolute atomic E-state index is 0.125. The highest BCUT2D eigenvalue weighted by molar-refractivity contribution is 5.42. The Kier molecular flexibility index (Phi) is 4.06. The predicted molar refractivity (Wildman–Crippen MR) is 58.5 cm³/mol. The van der Waals surface area contributed by atoms with Crippen LogP contribution in [0.4, 0.5) is 14.5 Å². The van der Waals surface area contributed by atoms with E-state index in [1.54, 1.807) is 0 Å². The van der Waals surface area contributed by atoms with Gasteiger partial charge in [-0.15, -0.1) is 0 Å². The van der Waals surface area contributed by atoms with Gasteiger partial charge in [0, 0.05) is 6.07 Å². The molecule has 0 aromatic heterocycles. The molecule has 15 heavy (non-hydrogen) atoms. The molecule has 1 nitrogen and oxygen atoms in total. The third kappa shape index (κ3) is 3.50. The van der Waals surface area contributed by atoms with Crippen molar-refractivity contribution in [3.05, 3.63) is 29.3 Å². The van der Waals surface area contributed by atoms with Crippen molar-refractivity contribution in [2.24, 2.45) is 5.92 Å². The Morgan fingerprint density at radius 3 is 2.47 bits per heavy atom. The molecule has 0 aliphatic carbocycles. The number of nitrogen functional groups attached to an aromatic ring is 1. The van der Waals surface area contributed by atoms with E-state index in [-0.39, 0.29) is 5.69 Å². The standard InChI is InChI=1S/C12H17F2N/c1-8(2)4-3-5-9-6-11(14)12(15)7-10(9)13/h6-8H,3-5,15H2,1-2H3. The molecule has 0 aliphatic rings. The predicted octanol–water partition coefficient (Wildman–Crippen LogP) is 3.53. The summed E-state index contributed by atoms with van der Waals surface area (Å²) in [6.45, 7) is 4.22. The maximum Gasteiger partial charge on any atom is 0.146 e. The van der Waals surface area contributed by atoms with Gasteiger partial charge in [0.05, 0.1) is 5.69 Å². The normalized spacial score (nSPS) is 11.0. The minimum atomic E-state index is -0.532. The molecule has 0 amide bonds. The molecule has 0 heterocycles. The second-order valence-electron chi connectivity index (χ2n) is 4.25. The van der Waals surface area contributed by atoms with Crippen LogP contribution in [-0.2, 0) is 6.42 Å². The van der Waals surface area contributed by atoms with E-state index < -0.39 is 11.6 Å². The first-order valence-corrected chi connectivity index (χ1v) is 5.24. The zero-order chi connectivity index (χ0) is 11.4. The van der Waals surface area contributed by atoms with E-state index in [1.807, 2.05) is 0 Å². The first-order valence-electron chi connectivity index (χ1n) is 5.24. The molecule has 1 rings (SSSR count). The van der Waals surface area contributed by atoms with Crippen molar-refractivity contribution < 1.29 is 8.78 Å². The molecule has 0 spiro atoms. The van der Waals surface area contributed by atoms with Gasteiger partial charge in [-0.2, -0.15) is 0 Å². The summed E-state index contributed by atoms with van der Waals surface area (Å²) >= 11 is 0. The summed E-state index contributed by atoms with van der Waals surface area (Å²) in [4.78, 5) is 0. The van der Waals surface area contributed by atoms with E-state index in [9.17, 15) is 8.78 Å². The average molecular weight is 213 g/mol. The largest absolute Gasteiger partial charge is 0.396 e. The SMILES string of the molecule is CC(C)CCCc1cc(F)c(N)cc1F. The van der Waals surface area contributed by atoms with Crippen molar-refractivity contribution in [3.63, 3.8) is 0 Å². The molecule has 0 unspecified atom stereocenters. The Labute approximate surface area is 89.3 Å². The highest BCUT2D eigenvalue weighted by Crippen LogP contribution is 2.19. The van der Waals surface area contributed by atoms with Crippen LogP contribution in [-0.4, -0.2) is 0 Å². The van der Waals surface area contributed by atoms with Crippen LogP contribution < -0.4 is 5.73 Å². The Hall–Kier alpha value is -1.12. The van der Waals surface area contributed by atoms with E-state index in [0.717, 1.165) is 18.9 Å². The van der Waals surface area contributed by atoms with E-state index >= 15 is 0 Å². The van der Waals surface area contributed by atoms with Crippen LogP contribution in [0.25, 0.3) is 0 Å². The van der Waals surface area contributed by atoms with Crippen LogP contribution in [0.15, 0.2) is 12.1 Å². The molecule has 84 valence electrons. The van der Waals surface area contributed by atoms with Crippen molar-refractivity contribution in [1.82, 2.24) is 0 Å². The van der Waals surface area contributed by atoms with Crippen LogP contribution in [0.2, 0.25) is 0 Å². The van der Waals surface area contributed by atoms with Gasteiger partial charge in [-0.25, -0.2) is 8.78 Å². The van der Waals surface area contributed by atoms with Crippen LogP contribution >= 0.6 is 0 Å². The van der Waals surface area contributed by atoms with Gasteiger partial charge in [0.1, 0.15) is 11.6 Å². The summed E-state index contributed by atoms with van der Waals surface area (Å²) in [6.07, 6.45) is 2.46. The third-order valence-electron chi connectivity index (χ3n) is 2.39. The van der Waals surface area contributed by atoms with E-state index in [0.29, 0.717) is 17.9 Å². The molecule has 3 heteroatoms. The smallest absolute Gasteiger partial charge is 0.146 e. The van der Waals surface area contributed by atoms with Gasteiger partial charge in [-0.1, -0.05) is 20.3 Å². The molecule has 0 bridgehead atoms. The van der Waals surface area contributed by atoms with Crippen LogP contribution in [0.3, 0.4) is 0 Å². The van der Waals surface area contributed by atoms with E-state index in [2.05, 4.69) is 13.8 Å². The molecule has 1 aromatic rings. The number of anilines is 1. The maximum atomic E-state index is 13.3. The summed E-state index contributed by atoms with van der Waals surface area (Å²) in [5.74, 6) is -0.347. The zero-order valence-corrected chi connectivity index (χ0v) is 9.19. The Bertz CT molecular complexity index is 335. The van der Waals surface area contributed by atoms with Crippen LogP contribution in [0.5, 0.6) is 0 Å². The van der Waals surface area contributed by atoms with E-state index in [1.165, 1.54) is 6.07 Å². The van der Waals surface area contributed by atoms with Crippen LogP contribution in [0, 0.1) is 17.6 Å². The van der Waals surface area contributed by atoms with Gasteiger partial charge >= 0.3 is 0 Å². The van der Waals surface area contributed by atoms with E-state index in [4.69, 9.17) is 5.73 Å². The lowest BCUT2D eigenvalue weighted by molar-refractivity contribution is 0.538. The molecule has 0 radical (unpaired) electrons. The molecule has 0 fully saturated rings. The molecule has 0 saturated carbocycles. The first-order chi connectivity index (χ1) is 7.00. The zero-order valence-electron chi connectivity index (χ0n) is 9.19. The Morgan fingerprint density at radius 2 is 1.87 bits per heavy atom. The lowest BCUT2D eigenvalue weighted by atomic mass is 10.0. The molecule has 1 aromatic carbocycles. The fraction of sp³-hybridized carbons (Fsp3) is 0.500. The number of benzene rings is 1. The Balaban J connectivity index is 2.65. The van der Waals surface area contributed by atoms with Crippen molar-refractivity contribution in [2.75, 3.05) is 5.73 Å². The highest BCUT2D eigenvalue weighted by Gasteiger charge is 2.07. The summed E-state index contributed by atoms with van der Waals surface area (Å²) in [7, 11) is 0. The van der Waals surface area contributed by atoms with Gasteiger partial charge in [-0.3, -0.25) is 0 Å². The molecule has 0 atom stereocenters. The number of nitrogens with two attached hydrogens (primary N) is 1. The molecule has 0 saturated heterocycles. The number of halogens is 2. The maximum absolute atomic E-state index is 13.3. The van der Waals surface area contributed by atoms with Gasteiger partial charge in [-0.05, 0) is 30.4 Å². The van der Waals surface area contributed by atoms with Gasteiger partial charge in [0.15, 0.2) is 0 Å². The number of aryl methyl sites for hydroxylation is 1. The monoisotopic (exact) mass is 213 g/mol. The fourth-order valence-electron chi connectivity index (χ4n) is 1.50. The second-order valence-corrected chi connectivity index (χ2v) is 4.25. The molecular formula is C12H17F2N. The Morgan fingerprint density at radius 1 is 1.20 bits per heavy atom. The first kappa shape index (κ1) is 12.0. The summed E-state index contributed by atoms with van der Waals surface area (Å²) in [5, 5.41) is 0. The van der Waals surface area contributed by atoms with Gasteiger partial charge in [0.25, 0.3) is 0 Å². The van der Waals surface area contributed by atoms with Gasteiger partial charge < -0.3 is 5.73 Å². The van der Waals surface area contributed by atoms with Crippen molar-refractivity contribution in [1.29, 1.82) is 0 Å². The van der Waals surface area contributed by atoms with Crippen molar-refractivity contribution in [3.8, 4) is 0 Å². The summed E-state index contributed by atoms with van der Waals surface area (Å²) in [5.41, 5.74) is 5.55. The fourth-order valence-corrected chi connectivity index (χ4v) is 1.50. The minimum Gasteiger partial charge on any atom is -0.396 e. The quantitative estimate of drug-likeness (QED) is 0.761. The highest BCUT2D eigenvalue weighted by atomic mass is 19.1. The second kappa shape index (κ2) is 5.10. The average Bonchev–Trinajstić information content (AvgIpc) is 2.13. The number of rotatable bonds is 4. The van der Waals surface area contributed by atoms with Crippen molar-refractivity contribution in [2.45, 2.75) is 33.1 Å². The topological polar surface area (TPSA) is 26.0 Å². The molecular weight excluding hydrogens is 196 g/mol. The molecule has 2 N–H and O–H groups in total. The lowest BCUT2D eigenvalue weighted by Crippen LogP contribution is -1.98.